The summed E-state index contributed by atoms with van der Waals surface area (Å²) >= 11 is 0. The van der Waals surface area contributed by atoms with Gasteiger partial charge in [-0.15, -0.1) is 0 Å². The average molecular weight is 250 g/mol. The van der Waals surface area contributed by atoms with Gasteiger partial charge in [0.05, 0.1) is 7.11 Å². The summed E-state index contributed by atoms with van der Waals surface area (Å²) in [4.78, 5) is 11.3. The minimum absolute atomic E-state index is 0.0862. The van der Waals surface area contributed by atoms with Crippen LogP contribution in [0, 0.1) is 0 Å². The van der Waals surface area contributed by atoms with Crippen LogP contribution in [0.5, 0.6) is 5.75 Å². The maximum Gasteiger partial charge on any atom is 0.314 e. The van der Waals surface area contributed by atoms with Crippen molar-refractivity contribution in [3.63, 3.8) is 0 Å². The summed E-state index contributed by atoms with van der Waals surface area (Å²) < 4.78 is 5.28. The second-order valence-electron chi connectivity index (χ2n) is 4.10. The van der Waals surface area contributed by atoms with Gasteiger partial charge >= 0.3 is 6.03 Å². The topological polar surface area (TPSA) is 50.4 Å². The Labute approximate surface area is 109 Å². The standard InChI is InChI=1S/C14H22N2O2/c1-3-10-15-14(17)16-11-6-8-12-7-4-5-9-13(12)18-2/h4-5,7,9H,3,6,8,10-11H2,1-2H3,(H2,15,16,17). The van der Waals surface area contributed by atoms with Crippen molar-refractivity contribution in [3.8, 4) is 5.75 Å². The fourth-order valence-corrected chi connectivity index (χ4v) is 1.69. The highest BCUT2D eigenvalue weighted by Gasteiger charge is 2.02. The van der Waals surface area contributed by atoms with E-state index in [1.165, 1.54) is 5.56 Å². The third-order valence-corrected chi connectivity index (χ3v) is 2.64. The van der Waals surface area contributed by atoms with Crippen LogP contribution < -0.4 is 15.4 Å². The van der Waals surface area contributed by atoms with E-state index in [1.54, 1.807) is 7.11 Å². The number of amides is 2. The SMILES string of the molecule is CCCNC(=O)NCCCc1ccccc1OC. The number of ether oxygens (including phenoxy) is 1. The number of nitrogens with one attached hydrogen (secondary N) is 2. The largest absolute Gasteiger partial charge is 0.496 e. The molecule has 1 aromatic carbocycles. The lowest BCUT2D eigenvalue weighted by atomic mass is 10.1. The lowest BCUT2D eigenvalue weighted by Crippen LogP contribution is -2.36. The predicted molar refractivity (Wildman–Crippen MR) is 73.0 cm³/mol. The van der Waals surface area contributed by atoms with Crippen LogP contribution in [-0.4, -0.2) is 26.2 Å². The van der Waals surface area contributed by atoms with Crippen LogP contribution in [0.15, 0.2) is 24.3 Å². The third kappa shape index (κ3) is 5.08. The van der Waals surface area contributed by atoms with Gasteiger partial charge in [0.25, 0.3) is 0 Å². The number of aryl methyl sites for hydroxylation is 1. The number of hydrogen-bond acceptors (Lipinski definition) is 2. The van der Waals surface area contributed by atoms with Gasteiger partial charge in [-0.3, -0.25) is 0 Å². The zero-order valence-electron chi connectivity index (χ0n) is 11.2. The van der Waals surface area contributed by atoms with Crippen LogP contribution >= 0.6 is 0 Å². The number of methoxy groups -OCH3 is 1. The molecule has 0 aromatic heterocycles. The summed E-state index contributed by atoms with van der Waals surface area (Å²) in [5.74, 6) is 0.910. The summed E-state index contributed by atoms with van der Waals surface area (Å²) in [7, 11) is 1.68. The van der Waals surface area contributed by atoms with Crippen LogP contribution in [0.3, 0.4) is 0 Å². The van der Waals surface area contributed by atoms with E-state index in [9.17, 15) is 4.79 Å². The molecule has 0 saturated heterocycles. The van der Waals surface area contributed by atoms with E-state index in [4.69, 9.17) is 4.74 Å². The summed E-state index contributed by atoms with van der Waals surface area (Å²) in [6.07, 6.45) is 2.76. The molecule has 2 amide bonds. The van der Waals surface area contributed by atoms with Gasteiger partial charge in [-0.1, -0.05) is 25.1 Å². The predicted octanol–water partition coefficient (Wildman–Crippen LogP) is 2.34. The molecule has 0 saturated carbocycles. The van der Waals surface area contributed by atoms with Gasteiger partial charge in [0.15, 0.2) is 0 Å². The third-order valence-electron chi connectivity index (χ3n) is 2.64. The summed E-state index contributed by atoms with van der Waals surface area (Å²) in [6, 6.07) is 7.88. The molecule has 0 spiro atoms. The van der Waals surface area contributed by atoms with E-state index >= 15 is 0 Å². The molecule has 18 heavy (non-hydrogen) atoms. The van der Waals surface area contributed by atoms with Crippen molar-refractivity contribution in [1.82, 2.24) is 10.6 Å². The Hall–Kier alpha value is -1.71. The lowest BCUT2D eigenvalue weighted by Gasteiger charge is -2.09. The molecule has 2 N–H and O–H groups in total. The Morgan fingerprint density at radius 2 is 1.94 bits per heavy atom. The molecule has 1 aromatic rings. The Kier molecular flexibility index (Phi) is 6.69. The van der Waals surface area contributed by atoms with Gasteiger partial charge in [-0.25, -0.2) is 4.79 Å². The molecule has 0 aliphatic carbocycles. The van der Waals surface area contributed by atoms with Crippen LogP contribution in [0.1, 0.15) is 25.3 Å². The van der Waals surface area contributed by atoms with Crippen molar-refractivity contribution < 1.29 is 9.53 Å². The van der Waals surface area contributed by atoms with Crippen molar-refractivity contribution in [1.29, 1.82) is 0 Å². The fraction of sp³-hybridized carbons (Fsp3) is 0.500. The quantitative estimate of drug-likeness (QED) is 0.730. The minimum atomic E-state index is -0.0862. The smallest absolute Gasteiger partial charge is 0.314 e. The molecule has 100 valence electrons. The number of carbonyl (C=O) groups excluding carboxylic acids is 1. The van der Waals surface area contributed by atoms with E-state index < -0.39 is 0 Å². The normalized spacial score (nSPS) is 9.89. The summed E-state index contributed by atoms with van der Waals surface area (Å²) in [5, 5.41) is 5.61. The molecular formula is C14H22N2O2. The molecule has 0 bridgehead atoms. The number of rotatable bonds is 7. The number of benzene rings is 1. The number of urea groups is 1. The van der Waals surface area contributed by atoms with Gasteiger partial charge in [0.1, 0.15) is 5.75 Å². The highest BCUT2D eigenvalue weighted by atomic mass is 16.5. The highest BCUT2D eigenvalue weighted by molar-refractivity contribution is 5.73. The van der Waals surface area contributed by atoms with Crippen LogP contribution in [-0.2, 0) is 6.42 Å². The molecule has 0 heterocycles. The zero-order valence-corrected chi connectivity index (χ0v) is 11.2. The maximum absolute atomic E-state index is 11.3. The molecule has 0 fully saturated rings. The monoisotopic (exact) mass is 250 g/mol. The number of carbonyl (C=O) groups is 1. The molecule has 4 heteroatoms. The van der Waals surface area contributed by atoms with E-state index in [-0.39, 0.29) is 6.03 Å². The minimum Gasteiger partial charge on any atom is -0.496 e. The van der Waals surface area contributed by atoms with Gasteiger partial charge in [0, 0.05) is 13.1 Å². The molecule has 0 atom stereocenters. The molecule has 4 nitrogen and oxygen atoms in total. The Bertz CT molecular complexity index is 367. The Morgan fingerprint density at radius 1 is 1.22 bits per heavy atom. The Balaban J connectivity index is 2.23. The molecule has 0 aliphatic rings. The second kappa shape index (κ2) is 8.39. The Morgan fingerprint density at radius 3 is 2.67 bits per heavy atom. The first-order valence-electron chi connectivity index (χ1n) is 6.41. The van der Waals surface area contributed by atoms with Gasteiger partial charge in [0.2, 0.25) is 0 Å². The molecule has 0 radical (unpaired) electrons. The molecule has 0 aliphatic heterocycles. The van der Waals surface area contributed by atoms with E-state index in [0.29, 0.717) is 6.54 Å². The van der Waals surface area contributed by atoms with E-state index in [1.807, 2.05) is 25.1 Å². The van der Waals surface area contributed by atoms with Crippen LogP contribution in [0.4, 0.5) is 4.79 Å². The number of para-hydroxylation sites is 1. The number of hydrogen-bond donors (Lipinski definition) is 2. The van der Waals surface area contributed by atoms with Gasteiger partial charge < -0.3 is 15.4 Å². The van der Waals surface area contributed by atoms with Crippen molar-refractivity contribution in [2.24, 2.45) is 0 Å². The zero-order chi connectivity index (χ0) is 13.2. The van der Waals surface area contributed by atoms with E-state index in [2.05, 4.69) is 16.7 Å². The molecule has 0 unspecified atom stereocenters. The second-order valence-corrected chi connectivity index (χ2v) is 4.10. The highest BCUT2D eigenvalue weighted by Crippen LogP contribution is 2.18. The summed E-state index contributed by atoms with van der Waals surface area (Å²) in [6.45, 7) is 3.42. The first-order valence-corrected chi connectivity index (χ1v) is 6.41. The van der Waals surface area contributed by atoms with Gasteiger partial charge in [-0.05, 0) is 30.9 Å². The van der Waals surface area contributed by atoms with Crippen molar-refractivity contribution in [2.45, 2.75) is 26.2 Å². The van der Waals surface area contributed by atoms with E-state index in [0.717, 1.165) is 31.6 Å². The first kappa shape index (κ1) is 14.4. The van der Waals surface area contributed by atoms with Crippen LogP contribution in [0.2, 0.25) is 0 Å². The average Bonchev–Trinajstić information content (AvgIpc) is 2.41. The molecule has 1 rings (SSSR count). The van der Waals surface area contributed by atoms with Gasteiger partial charge in [-0.2, -0.15) is 0 Å². The van der Waals surface area contributed by atoms with Crippen molar-refractivity contribution >= 4 is 6.03 Å². The maximum atomic E-state index is 11.3. The fourth-order valence-electron chi connectivity index (χ4n) is 1.69. The van der Waals surface area contributed by atoms with Crippen molar-refractivity contribution in [2.75, 3.05) is 20.2 Å². The lowest BCUT2D eigenvalue weighted by molar-refractivity contribution is 0.241. The summed E-state index contributed by atoms with van der Waals surface area (Å²) in [5.41, 5.74) is 1.18. The first-order chi connectivity index (χ1) is 8.77. The van der Waals surface area contributed by atoms with Crippen LogP contribution in [0.25, 0.3) is 0 Å². The molecular weight excluding hydrogens is 228 g/mol. The van der Waals surface area contributed by atoms with Crippen molar-refractivity contribution in [3.05, 3.63) is 29.8 Å².